The number of cyclic esters (lactones) is 1. The third kappa shape index (κ3) is 5.69. The third-order valence-corrected chi connectivity index (χ3v) is 6.30. The maximum absolute atomic E-state index is 14.0. The number of carbonyl (C=O) groups is 2. The molecule has 11 heteroatoms. The first-order valence-corrected chi connectivity index (χ1v) is 11.9. The van der Waals surface area contributed by atoms with Crippen LogP contribution in [0.2, 0.25) is 5.02 Å². The Balaban J connectivity index is 1.53. The van der Waals surface area contributed by atoms with Crippen LogP contribution in [0.25, 0.3) is 11.1 Å². The number of rotatable bonds is 8. The molecular formula is C26H26ClFN6O3. The molecule has 1 aliphatic rings. The van der Waals surface area contributed by atoms with Gasteiger partial charge >= 0.3 is 6.09 Å². The molecule has 1 aromatic carbocycles. The first kappa shape index (κ1) is 26.0. The van der Waals surface area contributed by atoms with Crippen LogP contribution < -0.4 is 15.5 Å². The number of nitrogens with zero attached hydrogens (tertiary/aromatic N) is 4. The van der Waals surface area contributed by atoms with Crippen molar-refractivity contribution in [3.63, 3.8) is 0 Å². The summed E-state index contributed by atoms with van der Waals surface area (Å²) in [6.45, 7) is 8.66. The Hall–Kier alpha value is -4.05. The van der Waals surface area contributed by atoms with E-state index in [2.05, 4.69) is 32.2 Å². The van der Waals surface area contributed by atoms with Crippen LogP contribution in [-0.4, -0.2) is 45.8 Å². The summed E-state index contributed by atoms with van der Waals surface area (Å²) in [5.74, 6) is 0.161. The zero-order chi connectivity index (χ0) is 26.7. The number of aryl methyl sites for hydroxylation is 1. The average molecular weight is 525 g/mol. The van der Waals surface area contributed by atoms with Crippen LogP contribution in [0.15, 0.2) is 55.4 Å². The molecule has 4 rings (SSSR count). The molecule has 0 bridgehead atoms. The number of halogens is 2. The van der Waals surface area contributed by atoms with Crippen molar-refractivity contribution in [1.82, 2.24) is 15.0 Å². The summed E-state index contributed by atoms with van der Waals surface area (Å²) < 4.78 is 19.0. The highest BCUT2D eigenvalue weighted by Crippen LogP contribution is 2.32. The summed E-state index contributed by atoms with van der Waals surface area (Å²) in [5.41, 5.74) is 3.88. The van der Waals surface area contributed by atoms with Gasteiger partial charge in [-0.05, 0) is 62.2 Å². The van der Waals surface area contributed by atoms with E-state index in [1.54, 1.807) is 18.3 Å². The fourth-order valence-corrected chi connectivity index (χ4v) is 4.11. The SMILES string of the molecule is C=CC(=O)Nc1cc(-c2cnc([C@H](C)Nc3nccc(N4C(=O)OC[C@@H]4[C@H](C)F)n3)cc2C)ccc1Cl. The molecule has 3 atom stereocenters. The number of aromatic nitrogens is 3. The second-order valence-electron chi connectivity index (χ2n) is 8.61. The molecule has 0 aliphatic carbocycles. The van der Waals surface area contributed by atoms with Gasteiger partial charge in [-0.1, -0.05) is 24.2 Å². The summed E-state index contributed by atoms with van der Waals surface area (Å²) in [5, 5.41) is 6.29. The minimum atomic E-state index is -1.28. The topological polar surface area (TPSA) is 109 Å². The van der Waals surface area contributed by atoms with Crippen LogP contribution in [-0.2, 0) is 9.53 Å². The predicted octanol–water partition coefficient (Wildman–Crippen LogP) is 5.48. The Bertz CT molecular complexity index is 1350. The molecule has 1 aliphatic heterocycles. The summed E-state index contributed by atoms with van der Waals surface area (Å²) in [6.07, 6.45) is 2.49. The number of amides is 2. The molecule has 2 N–H and O–H groups in total. The Labute approximate surface area is 218 Å². The van der Waals surface area contributed by atoms with Gasteiger partial charge in [0.05, 0.1) is 22.4 Å². The third-order valence-electron chi connectivity index (χ3n) is 5.97. The van der Waals surface area contributed by atoms with Crippen molar-refractivity contribution in [3.05, 3.63) is 71.7 Å². The van der Waals surface area contributed by atoms with Gasteiger partial charge in [-0.15, -0.1) is 0 Å². The molecule has 37 heavy (non-hydrogen) atoms. The van der Waals surface area contributed by atoms with E-state index in [9.17, 15) is 14.0 Å². The molecule has 1 fully saturated rings. The molecule has 192 valence electrons. The van der Waals surface area contributed by atoms with Gasteiger partial charge in [0.25, 0.3) is 0 Å². The number of anilines is 3. The van der Waals surface area contributed by atoms with Crippen molar-refractivity contribution >= 4 is 41.1 Å². The molecule has 3 heterocycles. The van der Waals surface area contributed by atoms with Crippen molar-refractivity contribution in [2.45, 2.75) is 39.0 Å². The van der Waals surface area contributed by atoms with Crippen LogP contribution in [0.4, 0.5) is 26.6 Å². The zero-order valence-electron chi connectivity index (χ0n) is 20.5. The van der Waals surface area contributed by atoms with Crippen molar-refractivity contribution in [2.75, 3.05) is 22.1 Å². The molecule has 9 nitrogen and oxygen atoms in total. The summed E-state index contributed by atoms with van der Waals surface area (Å²) >= 11 is 6.22. The highest BCUT2D eigenvalue weighted by Gasteiger charge is 2.39. The second-order valence-corrected chi connectivity index (χ2v) is 9.02. The summed E-state index contributed by atoms with van der Waals surface area (Å²) in [6, 6.07) is 7.79. The molecule has 0 radical (unpaired) electrons. The van der Waals surface area contributed by atoms with Crippen molar-refractivity contribution in [3.8, 4) is 11.1 Å². The fourth-order valence-electron chi connectivity index (χ4n) is 3.95. The van der Waals surface area contributed by atoms with E-state index in [0.717, 1.165) is 22.4 Å². The Kier molecular flexibility index (Phi) is 7.68. The van der Waals surface area contributed by atoms with E-state index < -0.39 is 18.3 Å². The van der Waals surface area contributed by atoms with E-state index in [0.29, 0.717) is 10.7 Å². The normalized spacial score (nSPS) is 16.6. The van der Waals surface area contributed by atoms with Gasteiger partial charge in [0, 0.05) is 18.0 Å². The molecule has 0 spiro atoms. The number of ether oxygens (including phenoxy) is 1. The lowest BCUT2D eigenvalue weighted by atomic mass is 10.0. The first-order chi connectivity index (χ1) is 17.7. The summed E-state index contributed by atoms with van der Waals surface area (Å²) in [4.78, 5) is 38.3. The van der Waals surface area contributed by atoms with Crippen LogP contribution in [0, 0.1) is 6.92 Å². The average Bonchev–Trinajstić information content (AvgIpc) is 3.27. The van der Waals surface area contributed by atoms with Crippen molar-refractivity contribution in [2.24, 2.45) is 0 Å². The summed E-state index contributed by atoms with van der Waals surface area (Å²) in [7, 11) is 0. The minimum absolute atomic E-state index is 0.0368. The highest BCUT2D eigenvalue weighted by atomic mass is 35.5. The van der Waals surface area contributed by atoms with E-state index >= 15 is 0 Å². The molecule has 2 aromatic heterocycles. The molecule has 1 saturated heterocycles. The Morgan fingerprint density at radius 3 is 2.78 bits per heavy atom. The Morgan fingerprint density at radius 2 is 2.08 bits per heavy atom. The number of alkyl halides is 1. The van der Waals surface area contributed by atoms with Gasteiger partial charge in [0.2, 0.25) is 11.9 Å². The van der Waals surface area contributed by atoms with Crippen molar-refractivity contribution in [1.29, 1.82) is 0 Å². The van der Waals surface area contributed by atoms with Gasteiger partial charge in [-0.3, -0.25) is 14.7 Å². The highest BCUT2D eigenvalue weighted by molar-refractivity contribution is 6.34. The first-order valence-electron chi connectivity index (χ1n) is 11.6. The largest absolute Gasteiger partial charge is 0.447 e. The molecule has 3 aromatic rings. The van der Waals surface area contributed by atoms with E-state index in [-0.39, 0.29) is 30.3 Å². The van der Waals surface area contributed by atoms with Crippen LogP contribution in [0.3, 0.4) is 0 Å². The van der Waals surface area contributed by atoms with E-state index in [1.807, 2.05) is 26.0 Å². The number of benzene rings is 1. The molecule has 0 unspecified atom stereocenters. The monoisotopic (exact) mass is 524 g/mol. The number of nitrogens with one attached hydrogen (secondary N) is 2. The fraction of sp³-hybridized carbons (Fsp3) is 0.269. The van der Waals surface area contributed by atoms with Crippen LogP contribution >= 0.6 is 11.6 Å². The van der Waals surface area contributed by atoms with Crippen LogP contribution in [0.1, 0.15) is 31.1 Å². The zero-order valence-corrected chi connectivity index (χ0v) is 21.3. The van der Waals surface area contributed by atoms with Gasteiger partial charge in [-0.25, -0.2) is 14.2 Å². The second kappa shape index (κ2) is 10.9. The number of hydrogen-bond acceptors (Lipinski definition) is 7. The van der Waals surface area contributed by atoms with E-state index in [4.69, 9.17) is 16.3 Å². The maximum Gasteiger partial charge on any atom is 0.416 e. The maximum atomic E-state index is 14.0. The number of carbonyl (C=O) groups excluding carboxylic acids is 2. The van der Waals surface area contributed by atoms with Gasteiger partial charge in [0.15, 0.2) is 0 Å². The lowest BCUT2D eigenvalue weighted by Crippen LogP contribution is -2.39. The minimum Gasteiger partial charge on any atom is -0.447 e. The Morgan fingerprint density at radius 1 is 1.30 bits per heavy atom. The van der Waals surface area contributed by atoms with Gasteiger partial charge < -0.3 is 15.4 Å². The standard InChI is InChI=1S/C26H26ClFN6O3/c1-5-24(35)32-21-11-17(6-7-19(21)27)18-12-30-20(10-14(18)2)16(4)31-25-29-9-8-23(33-25)34-22(15(3)28)13-37-26(34)36/h5-12,15-16,22H,1,13H2,2-4H3,(H,32,35)(H,29,31,33)/t15-,16-,22+/m0/s1. The van der Waals surface area contributed by atoms with Gasteiger partial charge in [-0.2, -0.15) is 4.98 Å². The van der Waals surface area contributed by atoms with Crippen molar-refractivity contribution < 1.29 is 18.7 Å². The predicted molar refractivity (Wildman–Crippen MR) is 141 cm³/mol. The quantitative estimate of drug-likeness (QED) is 0.375. The molecular weight excluding hydrogens is 499 g/mol. The lowest BCUT2D eigenvalue weighted by molar-refractivity contribution is -0.111. The molecule has 2 amide bonds. The van der Waals surface area contributed by atoms with E-state index in [1.165, 1.54) is 30.2 Å². The molecule has 0 saturated carbocycles. The number of hydrogen-bond donors (Lipinski definition) is 2. The van der Waals surface area contributed by atoms with Gasteiger partial charge in [0.1, 0.15) is 24.6 Å². The van der Waals surface area contributed by atoms with Crippen LogP contribution in [0.5, 0.6) is 0 Å². The lowest BCUT2D eigenvalue weighted by Gasteiger charge is -2.22. The number of pyridine rings is 1. The smallest absolute Gasteiger partial charge is 0.416 e.